The second-order valence-corrected chi connectivity index (χ2v) is 12.3. The number of benzene rings is 1. The number of hydrogen-bond acceptors (Lipinski definition) is 6. The molecule has 0 aromatic heterocycles. The molecule has 0 radical (unpaired) electrons. The van der Waals surface area contributed by atoms with Crippen molar-refractivity contribution in [3.05, 3.63) is 34.4 Å². The first-order valence-electron chi connectivity index (χ1n) is 11.4. The number of nitro benzene ring substituents is 1. The lowest BCUT2D eigenvalue weighted by Crippen LogP contribution is -2.70. The number of rotatable bonds is 7. The van der Waals surface area contributed by atoms with Gasteiger partial charge in [-0.2, -0.15) is 4.72 Å². The minimum absolute atomic E-state index is 0.308. The molecular formula is C22H28N4O6S. The van der Waals surface area contributed by atoms with E-state index in [4.69, 9.17) is 5.73 Å². The Morgan fingerprint density at radius 3 is 2.27 bits per heavy atom. The van der Waals surface area contributed by atoms with Crippen molar-refractivity contribution in [1.82, 2.24) is 10.0 Å². The van der Waals surface area contributed by atoms with E-state index < -0.39 is 47.9 Å². The number of nitro groups is 1. The van der Waals surface area contributed by atoms with Gasteiger partial charge in [0.05, 0.1) is 10.3 Å². The number of carbonyl (C=O) groups excluding carboxylic acids is 2. The molecule has 0 heterocycles. The van der Waals surface area contributed by atoms with E-state index in [0.717, 1.165) is 38.2 Å². The number of sulfonamides is 1. The predicted octanol–water partition coefficient (Wildman–Crippen LogP) is 1.74. The maximum absolute atomic E-state index is 13.5. The van der Waals surface area contributed by atoms with E-state index in [0.29, 0.717) is 37.5 Å². The summed E-state index contributed by atoms with van der Waals surface area (Å²) in [7, 11) is -4.32. The van der Waals surface area contributed by atoms with Gasteiger partial charge >= 0.3 is 0 Å². The van der Waals surface area contributed by atoms with Crippen LogP contribution >= 0.6 is 0 Å². The molecule has 10 nitrogen and oxygen atoms in total. The summed E-state index contributed by atoms with van der Waals surface area (Å²) >= 11 is 0. The van der Waals surface area contributed by atoms with E-state index in [1.165, 1.54) is 18.2 Å². The largest absolute Gasteiger partial charge is 0.369 e. The topological polar surface area (TPSA) is 162 Å². The monoisotopic (exact) mass is 476 g/mol. The SMILES string of the molecule is NC(=O)C12CC3CC(CC(NC(=O)C4(NS(=O)(=O)c5ccccc5[N+](=O)[O-])CCC4)(C3)C1)C2. The van der Waals surface area contributed by atoms with Crippen molar-refractivity contribution in [1.29, 1.82) is 0 Å². The van der Waals surface area contributed by atoms with Gasteiger partial charge in [0.25, 0.3) is 5.69 Å². The van der Waals surface area contributed by atoms with Gasteiger partial charge in [-0.3, -0.25) is 19.7 Å². The van der Waals surface area contributed by atoms with Crippen LogP contribution in [-0.2, 0) is 19.6 Å². The van der Waals surface area contributed by atoms with E-state index in [2.05, 4.69) is 10.0 Å². The Kier molecular flexibility index (Phi) is 4.88. The van der Waals surface area contributed by atoms with E-state index in [1.807, 2.05) is 0 Å². The van der Waals surface area contributed by atoms with Crippen LogP contribution in [0.15, 0.2) is 29.2 Å². The third kappa shape index (κ3) is 3.52. The molecule has 178 valence electrons. The van der Waals surface area contributed by atoms with Crippen LogP contribution in [0.3, 0.4) is 0 Å². The van der Waals surface area contributed by atoms with Crippen LogP contribution in [-0.4, -0.2) is 36.2 Å². The summed E-state index contributed by atoms with van der Waals surface area (Å²) in [5, 5.41) is 14.5. The number of amides is 2. The van der Waals surface area contributed by atoms with Gasteiger partial charge in [0.1, 0.15) is 5.54 Å². The number of nitrogens with zero attached hydrogens (tertiary/aromatic N) is 1. The Bertz CT molecular complexity index is 1130. The Morgan fingerprint density at radius 2 is 1.73 bits per heavy atom. The van der Waals surface area contributed by atoms with Crippen LogP contribution in [0.1, 0.15) is 57.8 Å². The molecule has 11 heteroatoms. The van der Waals surface area contributed by atoms with Gasteiger partial charge in [-0.1, -0.05) is 12.1 Å². The number of carbonyl (C=O) groups is 2. The first-order chi connectivity index (χ1) is 15.5. The molecule has 0 spiro atoms. The lowest BCUT2D eigenvalue weighted by Gasteiger charge is -2.61. The highest BCUT2D eigenvalue weighted by Crippen LogP contribution is 2.61. The maximum Gasteiger partial charge on any atom is 0.289 e. The van der Waals surface area contributed by atoms with E-state index in [-0.39, 0.29) is 5.91 Å². The third-order valence-electron chi connectivity index (χ3n) is 8.29. The second kappa shape index (κ2) is 7.23. The first kappa shape index (κ1) is 22.3. The minimum atomic E-state index is -4.32. The lowest BCUT2D eigenvalue weighted by molar-refractivity contribution is -0.387. The fourth-order valence-corrected chi connectivity index (χ4v) is 8.71. The summed E-state index contributed by atoms with van der Waals surface area (Å²) in [5.41, 5.74) is 2.73. The Labute approximate surface area is 191 Å². The average molecular weight is 477 g/mol. The van der Waals surface area contributed by atoms with Crippen molar-refractivity contribution in [2.45, 2.75) is 73.8 Å². The maximum atomic E-state index is 13.5. The molecule has 4 N–H and O–H groups in total. The first-order valence-corrected chi connectivity index (χ1v) is 12.9. The zero-order chi connectivity index (χ0) is 23.6. The van der Waals surface area contributed by atoms with Crippen molar-refractivity contribution < 1.29 is 22.9 Å². The van der Waals surface area contributed by atoms with Crippen LogP contribution in [0.2, 0.25) is 0 Å². The van der Waals surface area contributed by atoms with Gasteiger partial charge in [0.15, 0.2) is 4.90 Å². The summed E-state index contributed by atoms with van der Waals surface area (Å²) in [5.74, 6) is -0.0942. The van der Waals surface area contributed by atoms with Gasteiger partial charge < -0.3 is 11.1 Å². The Hall–Kier alpha value is -2.53. The summed E-state index contributed by atoms with van der Waals surface area (Å²) in [6.07, 6.45) is 5.83. The Morgan fingerprint density at radius 1 is 1.09 bits per heavy atom. The zero-order valence-corrected chi connectivity index (χ0v) is 19.0. The van der Waals surface area contributed by atoms with Crippen LogP contribution in [0.4, 0.5) is 5.69 Å². The van der Waals surface area contributed by atoms with Gasteiger partial charge in [0.2, 0.25) is 21.8 Å². The van der Waals surface area contributed by atoms with Crippen LogP contribution in [0, 0.1) is 27.4 Å². The molecule has 5 aliphatic rings. The van der Waals surface area contributed by atoms with Crippen molar-refractivity contribution in [3.8, 4) is 0 Å². The van der Waals surface area contributed by atoms with E-state index in [9.17, 15) is 28.1 Å². The van der Waals surface area contributed by atoms with Gasteiger partial charge in [0, 0.05) is 11.6 Å². The fraction of sp³-hybridized carbons (Fsp3) is 0.636. The molecule has 0 saturated heterocycles. The number of nitrogens with two attached hydrogens (primary N) is 1. The normalized spacial score (nSPS) is 33.8. The summed E-state index contributed by atoms with van der Waals surface area (Å²) in [6.45, 7) is 0. The van der Waals surface area contributed by atoms with Crippen molar-refractivity contribution in [3.63, 3.8) is 0 Å². The number of primary amides is 1. The van der Waals surface area contributed by atoms with Crippen LogP contribution in [0.5, 0.6) is 0 Å². The minimum Gasteiger partial charge on any atom is -0.369 e. The molecule has 33 heavy (non-hydrogen) atoms. The van der Waals surface area contributed by atoms with E-state index in [1.54, 1.807) is 0 Å². The molecule has 5 aliphatic carbocycles. The smallest absolute Gasteiger partial charge is 0.289 e. The molecule has 4 bridgehead atoms. The highest BCUT2D eigenvalue weighted by molar-refractivity contribution is 7.89. The Balaban J connectivity index is 1.41. The quantitative estimate of drug-likeness (QED) is 0.401. The highest BCUT2D eigenvalue weighted by atomic mass is 32.2. The molecule has 1 aromatic carbocycles. The third-order valence-corrected chi connectivity index (χ3v) is 9.87. The molecule has 5 fully saturated rings. The van der Waals surface area contributed by atoms with Gasteiger partial charge in [-0.05, 0) is 75.7 Å². The molecular weight excluding hydrogens is 448 g/mol. The number of para-hydroxylation sites is 1. The molecule has 0 aliphatic heterocycles. The molecule has 6 rings (SSSR count). The molecule has 2 atom stereocenters. The van der Waals surface area contributed by atoms with Crippen LogP contribution in [0.25, 0.3) is 0 Å². The molecule has 2 amide bonds. The summed E-state index contributed by atoms with van der Waals surface area (Å²) in [6, 6.07) is 5.10. The van der Waals surface area contributed by atoms with Crippen LogP contribution < -0.4 is 15.8 Å². The lowest BCUT2D eigenvalue weighted by atomic mass is 9.46. The number of nitrogens with one attached hydrogen (secondary N) is 2. The fourth-order valence-electron chi connectivity index (χ4n) is 7.11. The van der Waals surface area contributed by atoms with Gasteiger partial charge in [-0.15, -0.1) is 0 Å². The second-order valence-electron chi connectivity index (χ2n) is 10.6. The standard InChI is InChI=1S/C22H28N4O6S/c23-18(27)20-9-14-8-15(10-20)12-21(11-14,13-20)24-19(28)22(6-3-7-22)25-33(31,32)17-5-2-1-4-16(17)26(29)30/h1-2,4-5,14-15,25H,3,6-13H2,(H2,23,27)(H,24,28). The summed E-state index contributed by atoms with van der Waals surface area (Å²) in [4.78, 5) is 36.0. The van der Waals surface area contributed by atoms with E-state index >= 15 is 0 Å². The molecule has 1 aromatic rings. The molecule has 5 saturated carbocycles. The van der Waals surface area contributed by atoms with Crippen molar-refractivity contribution in [2.75, 3.05) is 0 Å². The van der Waals surface area contributed by atoms with Crippen molar-refractivity contribution >= 4 is 27.5 Å². The predicted molar refractivity (Wildman–Crippen MR) is 117 cm³/mol. The zero-order valence-electron chi connectivity index (χ0n) is 18.2. The van der Waals surface area contributed by atoms with Crippen molar-refractivity contribution in [2.24, 2.45) is 23.0 Å². The summed E-state index contributed by atoms with van der Waals surface area (Å²) < 4.78 is 28.7. The number of hydrogen-bond donors (Lipinski definition) is 3. The average Bonchev–Trinajstić information content (AvgIpc) is 2.69. The van der Waals surface area contributed by atoms with Gasteiger partial charge in [-0.25, -0.2) is 8.42 Å². The molecule has 2 unspecified atom stereocenters. The highest BCUT2D eigenvalue weighted by Gasteiger charge is 2.61.